The zero-order valence-electron chi connectivity index (χ0n) is 7.84. The standard InChI is InChI=1S/C11H13BrFN/c12-8-4-5-9(10(13)6-8)11(14)7-2-1-3-7/h4-7,11H,1-3,14H2. The fourth-order valence-electron chi connectivity index (χ4n) is 1.82. The number of halogens is 2. The van der Waals surface area contributed by atoms with Crippen LogP contribution in [0.4, 0.5) is 4.39 Å². The van der Waals surface area contributed by atoms with Crippen LogP contribution < -0.4 is 5.73 Å². The lowest BCUT2D eigenvalue weighted by Gasteiger charge is -2.31. The fourth-order valence-corrected chi connectivity index (χ4v) is 2.16. The van der Waals surface area contributed by atoms with Crippen LogP contribution in [0.25, 0.3) is 0 Å². The van der Waals surface area contributed by atoms with Gasteiger partial charge in [-0.05, 0) is 30.9 Å². The van der Waals surface area contributed by atoms with Gasteiger partial charge in [-0.2, -0.15) is 0 Å². The van der Waals surface area contributed by atoms with E-state index in [2.05, 4.69) is 15.9 Å². The van der Waals surface area contributed by atoms with Crippen molar-refractivity contribution >= 4 is 15.9 Å². The molecule has 2 rings (SSSR count). The smallest absolute Gasteiger partial charge is 0.129 e. The van der Waals surface area contributed by atoms with Gasteiger partial charge in [0.1, 0.15) is 5.82 Å². The van der Waals surface area contributed by atoms with Crippen LogP contribution in [-0.4, -0.2) is 0 Å². The first kappa shape index (κ1) is 10.1. The summed E-state index contributed by atoms with van der Waals surface area (Å²) in [6.07, 6.45) is 3.50. The highest BCUT2D eigenvalue weighted by molar-refractivity contribution is 9.10. The molecular formula is C11H13BrFN. The molecule has 0 radical (unpaired) electrons. The molecule has 1 nitrogen and oxygen atoms in total. The maximum atomic E-state index is 13.5. The Morgan fingerprint density at radius 2 is 2.14 bits per heavy atom. The summed E-state index contributed by atoms with van der Waals surface area (Å²) in [6.45, 7) is 0. The fraction of sp³-hybridized carbons (Fsp3) is 0.455. The van der Waals surface area contributed by atoms with Crippen molar-refractivity contribution in [3.8, 4) is 0 Å². The van der Waals surface area contributed by atoms with Crippen LogP contribution in [0.15, 0.2) is 22.7 Å². The molecule has 0 amide bonds. The van der Waals surface area contributed by atoms with Gasteiger partial charge >= 0.3 is 0 Å². The van der Waals surface area contributed by atoms with Gasteiger partial charge in [-0.15, -0.1) is 0 Å². The van der Waals surface area contributed by atoms with E-state index in [0.717, 1.165) is 17.3 Å². The van der Waals surface area contributed by atoms with Crippen LogP contribution in [0.5, 0.6) is 0 Å². The molecule has 1 saturated carbocycles. The third-order valence-electron chi connectivity index (χ3n) is 2.98. The highest BCUT2D eigenvalue weighted by atomic mass is 79.9. The second-order valence-corrected chi connectivity index (χ2v) is 4.80. The first-order valence-electron chi connectivity index (χ1n) is 4.89. The Balaban J connectivity index is 2.22. The summed E-state index contributed by atoms with van der Waals surface area (Å²) in [4.78, 5) is 0. The zero-order chi connectivity index (χ0) is 10.1. The molecule has 1 aliphatic carbocycles. The van der Waals surface area contributed by atoms with Gasteiger partial charge in [-0.1, -0.05) is 28.4 Å². The van der Waals surface area contributed by atoms with Crippen molar-refractivity contribution in [1.82, 2.24) is 0 Å². The van der Waals surface area contributed by atoms with Gasteiger partial charge in [0.05, 0.1) is 0 Å². The van der Waals surface area contributed by atoms with Crippen LogP contribution >= 0.6 is 15.9 Å². The molecule has 1 aliphatic rings. The molecule has 0 spiro atoms. The lowest BCUT2D eigenvalue weighted by Crippen LogP contribution is -2.27. The van der Waals surface area contributed by atoms with E-state index in [0.29, 0.717) is 11.5 Å². The van der Waals surface area contributed by atoms with Crippen LogP contribution in [-0.2, 0) is 0 Å². The van der Waals surface area contributed by atoms with E-state index in [4.69, 9.17) is 5.73 Å². The topological polar surface area (TPSA) is 26.0 Å². The Hall–Kier alpha value is -0.410. The third-order valence-corrected chi connectivity index (χ3v) is 3.47. The average molecular weight is 258 g/mol. The normalized spacial score (nSPS) is 19.1. The summed E-state index contributed by atoms with van der Waals surface area (Å²) < 4.78 is 14.3. The lowest BCUT2D eigenvalue weighted by molar-refractivity contribution is 0.260. The lowest BCUT2D eigenvalue weighted by atomic mass is 9.77. The van der Waals surface area contributed by atoms with Gasteiger partial charge in [0, 0.05) is 16.1 Å². The molecule has 1 fully saturated rings. The highest BCUT2D eigenvalue weighted by Gasteiger charge is 2.27. The van der Waals surface area contributed by atoms with Gasteiger partial charge < -0.3 is 5.73 Å². The minimum Gasteiger partial charge on any atom is -0.324 e. The maximum absolute atomic E-state index is 13.5. The molecule has 1 atom stereocenters. The van der Waals surface area contributed by atoms with E-state index in [-0.39, 0.29) is 11.9 Å². The summed E-state index contributed by atoms with van der Waals surface area (Å²) in [6, 6.07) is 4.98. The second-order valence-electron chi connectivity index (χ2n) is 3.88. The highest BCUT2D eigenvalue weighted by Crippen LogP contribution is 2.37. The number of hydrogen-bond donors (Lipinski definition) is 1. The number of nitrogens with two attached hydrogens (primary N) is 1. The Labute approximate surface area is 91.6 Å². The molecule has 1 aromatic carbocycles. The van der Waals surface area contributed by atoms with E-state index in [9.17, 15) is 4.39 Å². The summed E-state index contributed by atoms with van der Waals surface area (Å²) in [5.74, 6) is 0.282. The predicted molar refractivity (Wildman–Crippen MR) is 58.4 cm³/mol. The van der Waals surface area contributed by atoms with E-state index in [1.54, 1.807) is 6.07 Å². The molecule has 0 aromatic heterocycles. The third kappa shape index (κ3) is 1.84. The average Bonchev–Trinajstić information content (AvgIpc) is 2.00. The first-order valence-corrected chi connectivity index (χ1v) is 5.68. The number of benzene rings is 1. The molecule has 0 saturated heterocycles. The van der Waals surface area contributed by atoms with E-state index in [1.165, 1.54) is 12.5 Å². The van der Waals surface area contributed by atoms with Crippen LogP contribution in [0.2, 0.25) is 0 Å². The van der Waals surface area contributed by atoms with Crippen LogP contribution in [0, 0.1) is 11.7 Å². The molecule has 1 aromatic rings. The van der Waals surface area contributed by atoms with Gasteiger partial charge in [0.15, 0.2) is 0 Å². The second kappa shape index (κ2) is 3.99. The van der Waals surface area contributed by atoms with E-state index >= 15 is 0 Å². The van der Waals surface area contributed by atoms with Gasteiger partial charge in [0.2, 0.25) is 0 Å². The Kier molecular flexibility index (Phi) is 2.88. The monoisotopic (exact) mass is 257 g/mol. The Morgan fingerprint density at radius 1 is 1.43 bits per heavy atom. The summed E-state index contributed by atoms with van der Waals surface area (Å²) >= 11 is 3.23. The van der Waals surface area contributed by atoms with Crippen molar-refractivity contribution in [2.45, 2.75) is 25.3 Å². The van der Waals surface area contributed by atoms with Gasteiger partial charge in [-0.3, -0.25) is 0 Å². The van der Waals surface area contributed by atoms with Crippen LogP contribution in [0.3, 0.4) is 0 Å². The van der Waals surface area contributed by atoms with Crippen molar-refractivity contribution in [1.29, 1.82) is 0 Å². The molecule has 14 heavy (non-hydrogen) atoms. The quantitative estimate of drug-likeness (QED) is 0.864. The van der Waals surface area contributed by atoms with Crippen molar-refractivity contribution in [2.24, 2.45) is 11.7 Å². The Bertz CT molecular complexity index is 336. The van der Waals surface area contributed by atoms with Crippen molar-refractivity contribution < 1.29 is 4.39 Å². The minimum absolute atomic E-state index is 0.128. The molecule has 0 heterocycles. The van der Waals surface area contributed by atoms with Gasteiger partial charge in [0.25, 0.3) is 0 Å². The molecule has 76 valence electrons. The largest absolute Gasteiger partial charge is 0.324 e. The van der Waals surface area contributed by atoms with Gasteiger partial charge in [-0.25, -0.2) is 4.39 Å². The zero-order valence-corrected chi connectivity index (χ0v) is 9.43. The predicted octanol–water partition coefficient (Wildman–Crippen LogP) is 3.39. The minimum atomic E-state index is -0.196. The molecule has 3 heteroatoms. The summed E-state index contributed by atoms with van der Waals surface area (Å²) in [5.41, 5.74) is 6.65. The molecular weight excluding hydrogens is 245 g/mol. The van der Waals surface area contributed by atoms with E-state index in [1.807, 2.05) is 6.07 Å². The van der Waals surface area contributed by atoms with Crippen molar-refractivity contribution in [3.05, 3.63) is 34.1 Å². The first-order chi connectivity index (χ1) is 6.68. The molecule has 2 N–H and O–H groups in total. The SMILES string of the molecule is NC(c1ccc(Br)cc1F)C1CCC1. The van der Waals surface area contributed by atoms with E-state index < -0.39 is 0 Å². The Morgan fingerprint density at radius 3 is 2.64 bits per heavy atom. The molecule has 1 unspecified atom stereocenters. The summed E-state index contributed by atoms with van der Waals surface area (Å²) in [5, 5.41) is 0. The number of rotatable bonds is 2. The van der Waals surface area contributed by atoms with Crippen molar-refractivity contribution in [3.63, 3.8) is 0 Å². The van der Waals surface area contributed by atoms with Crippen LogP contribution in [0.1, 0.15) is 30.9 Å². The van der Waals surface area contributed by atoms with Crippen molar-refractivity contribution in [2.75, 3.05) is 0 Å². The number of hydrogen-bond acceptors (Lipinski definition) is 1. The maximum Gasteiger partial charge on any atom is 0.129 e. The summed E-state index contributed by atoms with van der Waals surface area (Å²) in [7, 11) is 0. The molecule has 0 aliphatic heterocycles. The molecule has 0 bridgehead atoms.